The van der Waals surface area contributed by atoms with Crippen LogP contribution in [0.4, 0.5) is 8.78 Å². The highest BCUT2D eigenvalue weighted by molar-refractivity contribution is 6.06. The second-order valence-corrected chi connectivity index (χ2v) is 4.56. The van der Waals surface area contributed by atoms with Crippen molar-refractivity contribution in [2.24, 2.45) is 5.73 Å². The van der Waals surface area contributed by atoms with Crippen molar-refractivity contribution in [2.75, 3.05) is 0 Å². The van der Waals surface area contributed by atoms with E-state index in [0.29, 0.717) is 12.1 Å². The van der Waals surface area contributed by atoms with E-state index in [0.717, 1.165) is 0 Å². The molecule has 108 valence electrons. The minimum Gasteiger partial charge on any atom is -0.478 e. The predicted octanol–water partition coefficient (Wildman–Crippen LogP) is 0.657. The summed E-state index contributed by atoms with van der Waals surface area (Å²) in [6.07, 6.45) is 0. The number of carboxylic acids is 1. The van der Waals surface area contributed by atoms with Gasteiger partial charge in [-0.25, -0.2) is 13.6 Å². The van der Waals surface area contributed by atoms with E-state index in [1.54, 1.807) is 0 Å². The monoisotopic (exact) mass is 286 g/mol. The highest BCUT2D eigenvalue weighted by Gasteiger charge is 2.29. The zero-order chi connectivity index (χ0) is 15.7. The van der Waals surface area contributed by atoms with Gasteiger partial charge in [-0.1, -0.05) is 0 Å². The number of primary amides is 1. The van der Waals surface area contributed by atoms with Crippen LogP contribution in [-0.4, -0.2) is 28.4 Å². The Balaban J connectivity index is 3.26. The molecular weight excluding hydrogens is 274 g/mol. The van der Waals surface area contributed by atoms with Crippen molar-refractivity contribution < 1.29 is 28.3 Å². The number of aromatic carboxylic acids is 1. The summed E-state index contributed by atoms with van der Waals surface area (Å²) in [5, 5.41) is 11.0. The summed E-state index contributed by atoms with van der Waals surface area (Å²) in [5.41, 5.74) is 2.24. The highest BCUT2D eigenvalue weighted by atomic mass is 19.2. The van der Waals surface area contributed by atoms with E-state index in [-0.39, 0.29) is 0 Å². The average Bonchev–Trinajstić information content (AvgIpc) is 2.30. The summed E-state index contributed by atoms with van der Waals surface area (Å²) in [4.78, 5) is 33.9. The number of nitrogens with two attached hydrogens (primary N) is 1. The molecule has 0 heterocycles. The molecular formula is C12H12F2N2O4. The van der Waals surface area contributed by atoms with Crippen molar-refractivity contribution in [3.8, 4) is 0 Å². The number of carboxylic acid groups (broad SMARTS) is 1. The summed E-state index contributed by atoms with van der Waals surface area (Å²) in [7, 11) is 0. The van der Waals surface area contributed by atoms with Crippen LogP contribution in [0.25, 0.3) is 0 Å². The van der Waals surface area contributed by atoms with Gasteiger partial charge in [0.1, 0.15) is 5.54 Å². The topological polar surface area (TPSA) is 109 Å². The molecule has 8 heteroatoms. The lowest BCUT2D eigenvalue weighted by Crippen LogP contribution is -2.53. The van der Waals surface area contributed by atoms with Gasteiger partial charge in [0.15, 0.2) is 11.6 Å². The first-order valence-electron chi connectivity index (χ1n) is 5.41. The summed E-state index contributed by atoms with van der Waals surface area (Å²) >= 11 is 0. The Kier molecular flexibility index (Phi) is 4.07. The standard InChI is InChI=1S/C12H12F2N2O4/c1-12(2,11(15)20)16-9(17)5-3-7(13)8(14)4-6(5)10(18)19/h3-4H,1-2H3,(H2,15,20)(H,16,17)(H,18,19). The smallest absolute Gasteiger partial charge is 0.336 e. The second-order valence-electron chi connectivity index (χ2n) is 4.56. The van der Waals surface area contributed by atoms with E-state index in [4.69, 9.17) is 10.8 Å². The molecule has 4 N–H and O–H groups in total. The third-order valence-electron chi connectivity index (χ3n) is 2.58. The molecule has 0 unspecified atom stereocenters. The minimum atomic E-state index is -1.61. The van der Waals surface area contributed by atoms with Gasteiger partial charge in [0.25, 0.3) is 5.91 Å². The van der Waals surface area contributed by atoms with E-state index in [2.05, 4.69) is 5.32 Å². The number of nitrogens with one attached hydrogen (secondary N) is 1. The summed E-state index contributed by atoms with van der Waals surface area (Å²) in [6, 6.07) is 0.842. The summed E-state index contributed by atoms with van der Waals surface area (Å²) < 4.78 is 26.1. The number of halogens is 2. The van der Waals surface area contributed by atoms with Crippen LogP contribution < -0.4 is 11.1 Å². The maximum Gasteiger partial charge on any atom is 0.336 e. The first-order chi connectivity index (χ1) is 9.06. The molecule has 20 heavy (non-hydrogen) atoms. The molecule has 0 spiro atoms. The van der Waals surface area contributed by atoms with Crippen molar-refractivity contribution in [2.45, 2.75) is 19.4 Å². The van der Waals surface area contributed by atoms with Gasteiger partial charge in [0.05, 0.1) is 11.1 Å². The van der Waals surface area contributed by atoms with Crippen LogP contribution in [0.2, 0.25) is 0 Å². The fourth-order valence-electron chi connectivity index (χ4n) is 1.32. The number of hydrogen-bond donors (Lipinski definition) is 3. The van der Waals surface area contributed by atoms with Crippen LogP contribution in [0.15, 0.2) is 12.1 Å². The van der Waals surface area contributed by atoms with Gasteiger partial charge in [-0.05, 0) is 26.0 Å². The largest absolute Gasteiger partial charge is 0.478 e. The second kappa shape index (κ2) is 5.24. The van der Waals surface area contributed by atoms with E-state index >= 15 is 0 Å². The number of benzene rings is 1. The summed E-state index contributed by atoms with van der Waals surface area (Å²) in [5.74, 6) is -6.30. The Morgan fingerprint density at radius 2 is 1.60 bits per heavy atom. The van der Waals surface area contributed by atoms with Crippen LogP contribution in [0.1, 0.15) is 34.6 Å². The quantitative estimate of drug-likeness (QED) is 0.755. The molecule has 0 radical (unpaired) electrons. The number of carbonyl (C=O) groups excluding carboxylic acids is 2. The first kappa shape index (κ1) is 15.5. The van der Waals surface area contributed by atoms with Crippen molar-refractivity contribution in [1.29, 1.82) is 0 Å². The van der Waals surface area contributed by atoms with Gasteiger partial charge in [-0.3, -0.25) is 9.59 Å². The van der Waals surface area contributed by atoms with E-state index in [9.17, 15) is 23.2 Å². The van der Waals surface area contributed by atoms with Crippen molar-refractivity contribution in [3.63, 3.8) is 0 Å². The lowest BCUT2D eigenvalue weighted by molar-refractivity contribution is -0.122. The third kappa shape index (κ3) is 3.08. The predicted molar refractivity (Wildman–Crippen MR) is 64.1 cm³/mol. The Morgan fingerprint density at radius 3 is 2.00 bits per heavy atom. The molecule has 0 fully saturated rings. The lowest BCUT2D eigenvalue weighted by atomic mass is 10.0. The van der Waals surface area contributed by atoms with E-state index in [1.165, 1.54) is 13.8 Å². The number of carbonyl (C=O) groups is 3. The molecule has 0 saturated heterocycles. The van der Waals surface area contributed by atoms with E-state index < -0.39 is 46.1 Å². The molecule has 0 aromatic heterocycles. The van der Waals surface area contributed by atoms with Crippen LogP contribution >= 0.6 is 0 Å². The average molecular weight is 286 g/mol. The van der Waals surface area contributed by atoms with Crippen molar-refractivity contribution in [1.82, 2.24) is 5.32 Å². The Hall–Kier alpha value is -2.51. The molecule has 0 aliphatic carbocycles. The molecule has 1 aromatic rings. The van der Waals surface area contributed by atoms with Crippen molar-refractivity contribution >= 4 is 17.8 Å². The fourth-order valence-corrected chi connectivity index (χ4v) is 1.32. The lowest BCUT2D eigenvalue weighted by Gasteiger charge is -2.22. The normalized spacial score (nSPS) is 11.0. The van der Waals surface area contributed by atoms with Gasteiger partial charge >= 0.3 is 5.97 Å². The molecule has 0 aliphatic heterocycles. The van der Waals surface area contributed by atoms with Gasteiger partial charge < -0.3 is 16.2 Å². The van der Waals surface area contributed by atoms with Gasteiger partial charge in [0, 0.05) is 0 Å². The molecule has 1 aromatic carbocycles. The molecule has 2 amide bonds. The molecule has 0 saturated carbocycles. The third-order valence-corrected chi connectivity index (χ3v) is 2.58. The van der Waals surface area contributed by atoms with Crippen molar-refractivity contribution in [3.05, 3.63) is 34.9 Å². The van der Waals surface area contributed by atoms with Gasteiger partial charge in [-0.2, -0.15) is 0 Å². The highest BCUT2D eigenvalue weighted by Crippen LogP contribution is 2.16. The Morgan fingerprint density at radius 1 is 1.15 bits per heavy atom. The van der Waals surface area contributed by atoms with Gasteiger partial charge in [-0.15, -0.1) is 0 Å². The first-order valence-corrected chi connectivity index (χ1v) is 5.41. The van der Waals surface area contributed by atoms with Crippen LogP contribution in [0.3, 0.4) is 0 Å². The fraction of sp³-hybridized carbons (Fsp3) is 0.250. The molecule has 1 rings (SSSR count). The molecule has 6 nitrogen and oxygen atoms in total. The zero-order valence-electron chi connectivity index (χ0n) is 10.7. The number of hydrogen-bond acceptors (Lipinski definition) is 3. The van der Waals surface area contributed by atoms with Crippen LogP contribution in [-0.2, 0) is 4.79 Å². The number of rotatable bonds is 4. The molecule has 0 aliphatic rings. The van der Waals surface area contributed by atoms with E-state index in [1.807, 2.05) is 0 Å². The van der Waals surface area contributed by atoms with Crippen LogP contribution in [0, 0.1) is 11.6 Å². The zero-order valence-corrected chi connectivity index (χ0v) is 10.7. The Bertz CT molecular complexity index is 599. The Labute approximate surface area is 112 Å². The maximum absolute atomic E-state index is 13.1. The summed E-state index contributed by atoms with van der Waals surface area (Å²) in [6.45, 7) is 2.57. The SMILES string of the molecule is CC(C)(NC(=O)c1cc(F)c(F)cc1C(=O)O)C(N)=O. The molecule has 0 bridgehead atoms. The maximum atomic E-state index is 13.1. The minimum absolute atomic E-state index is 0.393. The molecule has 0 atom stereocenters. The number of amides is 2. The van der Waals surface area contributed by atoms with Gasteiger partial charge in [0.2, 0.25) is 5.91 Å². The van der Waals surface area contributed by atoms with Crippen LogP contribution in [0.5, 0.6) is 0 Å².